The minimum Gasteiger partial charge on any atom is -0.349 e. The van der Waals surface area contributed by atoms with E-state index in [1.807, 2.05) is 6.92 Å². The van der Waals surface area contributed by atoms with Crippen molar-refractivity contribution in [2.75, 3.05) is 5.43 Å². The van der Waals surface area contributed by atoms with Crippen LogP contribution in [0.3, 0.4) is 0 Å². The van der Waals surface area contributed by atoms with Crippen LogP contribution >= 0.6 is 15.9 Å². The predicted octanol–water partition coefficient (Wildman–Crippen LogP) is 2.68. The summed E-state index contributed by atoms with van der Waals surface area (Å²) >= 11 is 3.30. The number of nitrogens with two attached hydrogens (primary N) is 1. The lowest BCUT2D eigenvalue weighted by molar-refractivity contribution is 0.0937. The molecule has 1 atom stereocenters. The van der Waals surface area contributed by atoms with Crippen LogP contribution in [-0.4, -0.2) is 16.9 Å². The van der Waals surface area contributed by atoms with Gasteiger partial charge in [0.2, 0.25) is 0 Å². The quantitative estimate of drug-likeness (QED) is 0.554. The Morgan fingerprint density at radius 3 is 2.68 bits per heavy atom. The summed E-state index contributed by atoms with van der Waals surface area (Å²) in [6, 6.07) is 1.83. The highest BCUT2D eigenvalue weighted by molar-refractivity contribution is 9.10. The zero-order valence-electron chi connectivity index (χ0n) is 11.5. The molecule has 0 radical (unpaired) electrons. The smallest absolute Gasteiger partial charge is 0.255 e. The van der Waals surface area contributed by atoms with Crippen LogP contribution in [0.5, 0.6) is 0 Å². The van der Waals surface area contributed by atoms with Gasteiger partial charge in [0.15, 0.2) is 5.82 Å². The van der Waals surface area contributed by atoms with E-state index < -0.39 is 0 Å². The van der Waals surface area contributed by atoms with E-state index in [0.29, 0.717) is 17.3 Å². The van der Waals surface area contributed by atoms with Crippen LogP contribution in [0, 0.1) is 5.92 Å². The van der Waals surface area contributed by atoms with E-state index in [1.165, 1.54) is 0 Å². The lowest BCUT2D eigenvalue weighted by Gasteiger charge is -2.16. The fourth-order valence-corrected chi connectivity index (χ4v) is 2.02. The van der Waals surface area contributed by atoms with Crippen molar-refractivity contribution in [3.05, 3.63) is 22.3 Å². The Kier molecular flexibility index (Phi) is 6.24. The SMILES string of the molecule is CC(C)CCC(C)NC(=O)c1cc(Br)cnc1NN. The number of hydrogen-bond donors (Lipinski definition) is 3. The van der Waals surface area contributed by atoms with E-state index in [2.05, 4.69) is 45.5 Å². The first-order chi connectivity index (χ1) is 8.93. The number of aromatic nitrogens is 1. The fraction of sp³-hybridized carbons (Fsp3) is 0.538. The summed E-state index contributed by atoms with van der Waals surface area (Å²) in [6.45, 7) is 6.34. The van der Waals surface area contributed by atoms with Crippen molar-refractivity contribution in [3.63, 3.8) is 0 Å². The maximum absolute atomic E-state index is 12.2. The zero-order valence-corrected chi connectivity index (χ0v) is 13.1. The molecule has 0 aliphatic carbocycles. The average Bonchev–Trinajstić information content (AvgIpc) is 2.36. The summed E-state index contributed by atoms with van der Waals surface area (Å²) in [5, 5.41) is 2.96. The van der Waals surface area contributed by atoms with Gasteiger partial charge in [-0.05, 0) is 47.7 Å². The van der Waals surface area contributed by atoms with Crippen LogP contribution in [0.1, 0.15) is 44.0 Å². The Balaban J connectivity index is 2.69. The number of pyridine rings is 1. The fourth-order valence-electron chi connectivity index (χ4n) is 1.68. The topological polar surface area (TPSA) is 80.0 Å². The third kappa shape index (κ3) is 5.16. The van der Waals surface area contributed by atoms with Crippen LogP contribution in [0.4, 0.5) is 5.82 Å². The normalized spacial score (nSPS) is 12.3. The summed E-state index contributed by atoms with van der Waals surface area (Å²) in [4.78, 5) is 16.2. The molecule has 0 aliphatic rings. The van der Waals surface area contributed by atoms with Crippen molar-refractivity contribution < 1.29 is 4.79 Å². The third-order valence-corrected chi connectivity index (χ3v) is 3.22. The molecule has 1 rings (SSSR count). The number of nitrogens with zero attached hydrogens (tertiary/aromatic N) is 1. The number of halogens is 1. The number of amides is 1. The van der Waals surface area contributed by atoms with Crippen molar-refractivity contribution >= 4 is 27.7 Å². The van der Waals surface area contributed by atoms with Gasteiger partial charge in [-0.15, -0.1) is 0 Å². The van der Waals surface area contributed by atoms with Gasteiger partial charge in [-0.2, -0.15) is 0 Å². The number of nitrogens with one attached hydrogen (secondary N) is 2. The van der Waals surface area contributed by atoms with Crippen molar-refractivity contribution in [2.24, 2.45) is 11.8 Å². The Hall–Kier alpha value is -1.14. The summed E-state index contributed by atoms with van der Waals surface area (Å²) in [6.07, 6.45) is 3.63. The maximum atomic E-state index is 12.2. The Labute approximate surface area is 122 Å². The highest BCUT2D eigenvalue weighted by Gasteiger charge is 2.15. The molecule has 0 spiro atoms. The molecule has 0 aromatic carbocycles. The molecule has 1 heterocycles. The second kappa shape index (κ2) is 7.45. The van der Waals surface area contributed by atoms with Gasteiger partial charge in [-0.3, -0.25) is 4.79 Å². The van der Waals surface area contributed by atoms with E-state index in [4.69, 9.17) is 5.84 Å². The molecule has 0 aliphatic heterocycles. The zero-order chi connectivity index (χ0) is 14.4. The minimum atomic E-state index is -0.169. The lowest BCUT2D eigenvalue weighted by atomic mass is 10.0. The molecule has 0 saturated carbocycles. The minimum absolute atomic E-state index is 0.125. The molecule has 1 aromatic heterocycles. The molecule has 0 saturated heterocycles. The highest BCUT2D eigenvalue weighted by Crippen LogP contribution is 2.17. The van der Waals surface area contributed by atoms with Crippen LogP contribution in [0.2, 0.25) is 0 Å². The number of rotatable bonds is 6. The standard InChI is InChI=1S/C13H21BrN4O/c1-8(2)4-5-9(3)17-13(19)11-6-10(14)7-16-12(11)18-15/h6-9H,4-5,15H2,1-3H3,(H,16,18)(H,17,19). The number of anilines is 1. The molecule has 1 amide bonds. The van der Waals surface area contributed by atoms with Crippen molar-refractivity contribution in [3.8, 4) is 0 Å². The van der Waals surface area contributed by atoms with Gasteiger partial charge in [-0.1, -0.05) is 13.8 Å². The third-order valence-electron chi connectivity index (χ3n) is 2.79. The molecule has 1 unspecified atom stereocenters. The van der Waals surface area contributed by atoms with Crippen molar-refractivity contribution in [2.45, 2.75) is 39.7 Å². The van der Waals surface area contributed by atoms with E-state index in [-0.39, 0.29) is 11.9 Å². The number of carbonyl (C=O) groups is 1. The van der Waals surface area contributed by atoms with Gasteiger partial charge < -0.3 is 10.7 Å². The molecular weight excluding hydrogens is 308 g/mol. The summed E-state index contributed by atoms with van der Waals surface area (Å²) in [7, 11) is 0. The monoisotopic (exact) mass is 328 g/mol. The van der Waals surface area contributed by atoms with E-state index in [0.717, 1.165) is 17.3 Å². The molecule has 4 N–H and O–H groups in total. The summed E-state index contributed by atoms with van der Waals surface area (Å²) < 4.78 is 0.742. The van der Waals surface area contributed by atoms with Gasteiger partial charge in [0.05, 0.1) is 5.56 Å². The molecular formula is C13H21BrN4O. The molecule has 1 aromatic rings. The Morgan fingerprint density at radius 2 is 2.11 bits per heavy atom. The first-order valence-corrected chi connectivity index (χ1v) is 7.16. The lowest BCUT2D eigenvalue weighted by Crippen LogP contribution is -2.33. The number of carbonyl (C=O) groups excluding carboxylic acids is 1. The van der Waals surface area contributed by atoms with Crippen LogP contribution in [0.15, 0.2) is 16.7 Å². The van der Waals surface area contributed by atoms with Gasteiger partial charge in [0.1, 0.15) is 0 Å². The van der Waals surface area contributed by atoms with Gasteiger partial charge in [0, 0.05) is 16.7 Å². The van der Waals surface area contributed by atoms with Crippen LogP contribution in [0.25, 0.3) is 0 Å². The molecule has 6 heteroatoms. The first-order valence-electron chi connectivity index (χ1n) is 6.37. The van der Waals surface area contributed by atoms with E-state index in [9.17, 15) is 4.79 Å². The predicted molar refractivity (Wildman–Crippen MR) is 80.7 cm³/mol. The number of hydrogen-bond acceptors (Lipinski definition) is 4. The van der Waals surface area contributed by atoms with Gasteiger partial charge >= 0.3 is 0 Å². The maximum Gasteiger partial charge on any atom is 0.255 e. The average molecular weight is 329 g/mol. The van der Waals surface area contributed by atoms with Gasteiger partial charge in [0.25, 0.3) is 5.91 Å². The highest BCUT2D eigenvalue weighted by atomic mass is 79.9. The number of hydrazine groups is 1. The van der Waals surface area contributed by atoms with E-state index in [1.54, 1.807) is 12.3 Å². The second-order valence-corrected chi connectivity index (χ2v) is 5.96. The van der Waals surface area contributed by atoms with Crippen LogP contribution < -0.4 is 16.6 Å². The van der Waals surface area contributed by atoms with Crippen molar-refractivity contribution in [1.82, 2.24) is 10.3 Å². The largest absolute Gasteiger partial charge is 0.349 e. The first kappa shape index (κ1) is 15.9. The molecule has 106 valence electrons. The Bertz CT molecular complexity index is 437. The molecule has 0 bridgehead atoms. The Morgan fingerprint density at radius 1 is 1.42 bits per heavy atom. The molecule has 19 heavy (non-hydrogen) atoms. The van der Waals surface area contributed by atoms with E-state index >= 15 is 0 Å². The second-order valence-electron chi connectivity index (χ2n) is 5.04. The molecule has 5 nitrogen and oxygen atoms in total. The number of nitrogen functional groups attached to an aromatic ring is 1. The van der Waals surface area contributed by atoms with Crippen molar-refractivity contribution in [1.29, 1.82) is 0 Å². The van der Waals surface area contributed by atoms with Gasteiger partial charge in [-0.25, -0.2) is 10.8 Å². The molecule has 0 fully saturated rings. The summed E-state index contributed by atoms with van der Waals surface area (Å²) in [5.74, 6) is 6.20. The van der Waals surface area contributed by atoms with Crippen LogP contribution in [-0.2, 0) is 0 Å². The summed E-state index contributed by atoms with van der Waals surface area (Å²) in [5.41, 5.74) is 2.87.